The monoisotopic (exact) mass is 545 g/mol. The zero-order valence-electron chi connectivity index (χ0n) is 20.7. The fourth-order valence-corrected chi connectivity index (χ4v) is 2.71. The van der Waals surface area contributed by atoms with E-state index in [0.29, 0.717) is 29.3 Å². The molecule has 0 unspecified atom stereocenters. The molecule has 2 aliphatic carbocycles. The predicted octanol–water partition coefficient (Wildman–Crippen LogP) is 3.78. The molecule has 1 aromatic rings. The number of ketones is 2. The maximum Gasteiger partial charge on any atom is 0.160 e. The first-order chi connectivity index (χ1) is 16.6. The molecule has 0 saturated heterocycles. The first-order valence-electron chi connectivity index (χ1n) is 10.6. The van der Waals surface area contributed by atoms with Gasteiger partial charge in [-0.3, -0.25) is 20.6 Å². The van der Waals surface area contributed by atoms with Crippen LogP contribution in [0, 0.1) is 23.8 Å². The summed E-state index contributed by atoms with van der Waals surface area (Å²) in [5.74, 6) is 0.0586. The number of pyridine rings is 1. The number of oxime groups is 4. The van der Waals surface area contributed by atoms with Crippen molar-refractivity contribution in [2.24, 2.45) is 38.4 Å². The molecule has 199 valence electrons. The zero-order chi connectivity index (χ0) is 26.8. The van der Waals surface area contributed by atoms with Crippen molar-refractivity contribution in [2.75, 3.05) is 0 Å². The van der Waals surface area contributed by atoms with Crippen LogP contribution in [0.1, 0.15) is 41.0 Å². The number of carbonyl (C=O) groups is 2. The Morgan fingerprint density at radius 2 is 1.22 bits per heavy atom. The van der Waals surface area contributed by atoms with Crippen LogP contribution in [0.2, 0.25) is 0 Å². The molecule has 0 amide bonds. The zero-order valence-corrected chi connectivity index (χ0v) is 21.8. The molecular weight excluding hydrogens is 513 g/mol. The molecule has 0 fully saturated rings. The summed E-state index contributed by atoms with van der Waals surface area (Å²) in [7, 11) is 0. The molecule has 0 spiro atoms. The van der Waals surface area contributed by atoms with Gasteiger partial charge in [0.25, 0.3) is 0 Å². The summed E-state index contributed by atoms with van der Waals surface area (Å²) in [6.45, 7) is 8.11. The first kappa shape index (κ1) is 34.5. The van der Waals surface area contributed by atoms with E-state index in [-0.39, 0.29) is 46.1 Å². The van der Waals surface area contributed by atoms with Gasteiger partial charge in [-0.2, -0.15) is 6.42 Å². The predicted molar refractivity (Wildman–Crippen MR) is 132 cm³/mol. The summed E-state index contributed by atoms with van der Waals surface area (Å²) >= 11 is 0. The average Bonchev–Trinajstić information content (AvgIpc) is 2.91. The molecule has 4 N–H and O–H groups in total. The van der Waals surface area contributed by atoms with E-state index in [9.17, 15) is 9.59 Å². The molecule has 1 radical (unpaired) electrons. The Labute approximate surface area is 220 Å². The third-order valence-corrected chi connectivity index (χ3v) is 5.04. The second-order valence-electron chi connectivity index (χ2n) is 7.47. The van der Waals surface area contributed by atoms with E-state index >= 15 is 0 Å². The molecule has 12 heteroatoms. The number of nitrogens with zero attached hydrogens (tertiary/aromatic N) is 5. The smallest absolute Gasteiger partial charge is 0.160 e. The van der Waals surface area contributed by atoms with E-state index in [2.05, 4.69) is 31.7 Å². The number of hydrogen-bond acceptors (Lipinski definition) is 11. The van der Waals surface area contributed by atoms with Gasteiger partial charge in [0, 0.05) is 41.0 Å². The number of aromatic nitrogens is 1. The molecule has 0 saturated carbocycles. The number of allylic oxidation sites excluding steroid dienone is 4. The molecular formula is C24H32CoN5O6-. The Morgan fingerprint density at radius 1 is 0.806 bits per heavy atom. The molecule has 0 bridgehead atoms. The fraction of sp³-hybridized carbons (Fsp3) is 0.375. The van der Waals surface area contributed by atoms with Gasteiger partial charge in [0.1, 0.15) is 22.8 Å². The summed E-state index contributed by atoms with van der Waals surface area (Å²) < 4.78 is 0. The molecule has 11 nitrogen and oxygen atoms in total. The van der Waals surface area contributed by atoms with Gasteiger partial charge in [-0.15, -0.1) is 0 Å². The SMILES string of the molecule is CC(=N\O)/C(C)=N/O.CC(=N\O)/C(C)=N/O.C[C@H]1C=[C-]C[C@@H]2C(=O)C=CC(=O)[C@@H]21.[Co].c1ccncc1. The van der Waals surface area contributed by atoms with Crippen LogP contribution in [-0.2, 0) is 26.4 Å². The molecule has 1 aromatic heterocycles. The topological polar surface area (TPSA) is 177 Å². The normalized spacial score (nSPS) is 21.3. The summed E-state index contributed by atoms with van der Waals surface area (Å²) in [5, 5.41) is 43.3. The number of hydrogen-bond donors (Lipinski definition) is 4. The van der Waals surface area contributed by atoms with Gasteiger partial charge < -0.3 is 26.9 Å². The quantitative estimate of drug-likeness (QED) is 0.189. The van der Waals surface area contributed by atoms with Crippen LogP contribution in [-0.4, -0.2) is 60.2 Å². The Balaban J connectivity index is 0. The minimum absolute atomic E-state index is 0. The van der Waals surface area contributed by atoms with Crippen molar-refractivity contribution in [3.05, 3.63) is 54.9 Å². The standard InChI is InChI=1S/C11H11O2.C5H5N.2C4H8N2O2.Co/c1-7-3-2-4-8-9(12)5-6-10(13)11(7)8;1-2-4-6-5-3-1;2*1-3(5-7)4(2)6-8;/h3,5-8,11H,4H2,1H3;1-5H;2*7-8H,1-2H3;/q-1;;;;/b;;2*5-3+,6-4+;/t7-,8+,11+;;;;/m0..../s1. The van der Waals surface area contributed by atoms with Gasteiger partial charge in [-0.1, -0.05) is 33.6 Å². The summed E-state index contributed by atoms with van der Waals surface area (Å²) in [5.41, 5.74) is 1.25. The van der Waals surface area contributed by atoms with Crippen LogP contribution in [0.5, 0.6) is 0 Å². The Kier molecular flexibility index (Phi) is 18.8. The molecule has 2 aliphatic rings. The van der Waals surface area contributed by atoms with Gasteiger partial charge in [-0.25, -0.2) is 0 Å². The number of carbonyl (C=O) groups excluding carboxylic acids is 2. The third-order valence-electron chi connectivity index (χ3n) is 5.04. The van der Waals surface area contributed by atoms with Gasteiger partial charge in [0.15, 0.2) is 11.6 Å². The number of fused-ring (bicyclic) bond motifs is 1. The van der Waals surface area contributed by atoms with Crippen molar-refractivity contribution in [3.8, 4) is 0 Å². The van der Waals surface area contributed by atoms with E-state index in [1.807, 2.05) is 31.2 Å². The van der Waals surface area contributed by atoms with Gasteiger partial charge in [-0.05, 0) is 57.9 Å². The summed E-state index contributed by atoms with van der Waals surface area (Å²) in [6.07, 6.45) is 11.9. The minimum atomic E-state index is -0.141. The molecule has 3 atom stereocenters. The van der Waals surface area contributed by atoms with Crippen LogP contribution in [0.3, 0.4) is 0 Å². The van der Waals surface area contributed by atoms with Crippen molar-refractivity contribution in [1.29, 1.82) is 0 Å². The van der Waals surface area contributed by atoms with Crippen molar-refractivity contribution in [1.82, 2.24) is 4.98 Å². The van der Waals surface area contributed by atoms with Crippen molar-refractivity contribution < 1.29 is 47.2 Å². The first-order valence-corrected chi connectivity index (χ1v) is 10.6. The minimum Gasteiger partial charge on any atom is -0.500 e. The molecule has 1 heterocycles. The second-order valence-corrected chi connectivity index (χ2v) is 7.47. The fourth-order valence-electron chi connectivity index (χ4n) is 2.71. The van der Waals surface area contributed by atoms with Gasteiger partial charge >= 0.3 is 0 Å². The number of rotatable bonds is 2. The Hall–Kier alpha value is -3.64. The van der Waals surface area contributed by atoms with E-state index < -0.39 is 0 Å². The average molecular weight is 545 g/mol. The van der Waals surface area contributed by atoms with E-state index in [1.54, 1.807) is 12.4 Å². The third kappa shape index (κ3) is 12.7. The summed E-state index contributed by atoms with van der Waals surface area (Å²) in [4.78, 5) is 26.7. The van der Waals surface area contributed by atoms with Crippen LogP contribution in [0.15, 0.2) is 69.4 Å². The maximum absolute atomic E-state index is 11.5. The maximum atomic E-state index is 11.5. The summed E-state index contributed by atoms with van der Waals surface area (Å²) in [6, 6.07) is 5.72. The molecule has 36 heavy (non-hydrogen) atoms. The van der Waals surface area contributed by atoms with Crippen LogP contribution in [0.4, 0.5) is 0 Å². The van der Waals surface area contributed by atoms with Crippen molar-refractivity contribution >= 4 is 34.4 Å². The van der Waals surface area contributed by atoms with E-state index in [4.69, 9.17) is 20.8 Å². The Morgan fingerprint density at radius 3 is 1.53 bits per heavy atom. The van der Waals surface area contributed by atoms with Crippen LogP contribution >= 0.6 is 0 Å². The Bertz CT molecular complexity index is 899. The van der Waals surface area contributed by atoms with Gasteiger partial charge in [0.2, 0.25) is 0 Å². The largest absolute Gasteiger partial charge is 0.500 e. The van der Waals surface area contributed by atoms with Crippen molar-refractivity contribution in [3.63, 3.8) is 0 Å². The van der Waals surface area contributed by atoms with Crippen LogP contribution in [0.25, 0.3) is 0 Å². The van der Waals surface area contributed by atoms with Crippen LogP contribution < -0.4 is 0 Å². The van der Waals surface area contributed by atoms with Gasteiger partial charge in [0.05, 0.1) is 0 Å². The molecule has 3 rings (SSSR count). The van der Waals surface area contributed by atoms with E-state index in [0.717, 1.165) is 0 Å². The second kappa shape index (κ2) is 19.6. The molecule has 0 aromatic carbocycles. The van der Waals surface area contributed by atoms with Crippen molar-refractivity contribution in [2.45, 2.75) is 41.0 Å². The van der Waals surface area contributed by atoms with E-state index in [1.165, 1.54) is 39.8 Å². The molecule has 0 aliphatic heterocycles.